The van der Waals surface area contributed by atoms with Gasteiger partial charge in [0.25, 0.3) is 0 Å². The number of nitrogens with zero attached hydrogens (tertiary/aromatic N) is 2. The Morgan fingerprint density at radius 2 is 2.08 bits per heavy atom. The molecule has 24 heavy (non-hydrogen) atoms. The van der Waals surface area contributed by atoms with Gasteiger partial charge in [0.15, 0.2) is 0 Å². The minimum Gasteiger partial charge on any atom is -0.444 e. The summed E-state index contributed by atoms with van der Waals surface area (Å²) in [7, 11) is 0. The van der Waals surface area contributed by atoms with Gasteiger partial charge in [-0.3, -0.25) is 4.79 Å². The largest absolute Gasteiger partial charge is 0.444 e. The molecule has 0 aliphatic carbocycles. The second kappa shape index (κ2) is 7.75. The van der Waals surface area contributed by atoms with Gasteiger partial charge in [0.1, 0.15) is 6.26 Å². The van der Waals surface area contributed by atoms with Crippen LogP contribution in [0.5, 0.6) is 0 Å². The van der Waals surface area contributed by atoms with E-state index in [0.717, 1.165) is 10.4 Å². The number of carbonyl (C=O) groups is 1. The van der Waals surface area contributed by atoms with Crippen molar-refractivity contribution in [2.24, 2.45) is 0 Å². The summed E-state index contributed by atoms with van der Waals surface area (Å²) in [6.45, 7) is 4.84. The van der Waals surface area contributed by atoms with Crippen LogP contribution in [0.2, 0.25) is 0 Å². The molecule has 2 aromatic heterocycles. The first-order valence-electron chi connectivity index (χ1n) is 7.67. The van der Waals surface area contributed by atoms with E-state index in [-0.39, 0.29) is 12.3 Å². The van der Waals surface area contributed by atoms with Gasteiger partial charge in [-0.15, -0.1) is 17.9 Å². The number of hydrogen-bond donors (Lipinski definition) is 0. The molecule has 0 aliphatic rings. The van der Waals surface area contributed by atoms with E-state index >= 15 is 0 Å². The van der Waals surface area contributed by atoms with E-state index in [0.29, 0.717) is 24.7 Å². The first-order valence-corrected chi connectivity index (χ1v) is 8.55. The number of aromatic nitrogens is 1. The summed E-state index contributed by atoms with van der Waals surface area (Å²) < 4.78 is 5.50. The molecule has 0 radical (unpaired) electrons. The minimum absolute atomic E-state index is 0.0104. The quantitative estimate of drug-likeness (QED) is 0.608. The number of carbonyl (C=O) groups excluding carboxylic acids is 1. The first kappa shape index (κ1) is 16.2. The monoisotopic (exact) mass is 338 g/mol. The summed E-state index contributed by atoms with van der Waals surface area (Å²) in [5.41, 5.74) is 1.54. The Morgan fingerprint density at radius 3 is 2.79 bits per heavy atom. The van der Waals surface area contributed by atoms with Crippen LogP contribution in [0.3, 0.4) is 0 Å². The Kier molecular flexibility index (Phi) is 5.23. The third kappa shape index (κ3) is 4.00. The number of rotatable bonds is 7. The molecule has 3 rings (SSSR count). The molecule has 0 saturated carbocycles. The van der Waals surface area contributed by atoms with Crippen molar-refractivity contribution in [3.8, 4) is 11.5 Å². The fraction of sp³-hybridized carbons (Fsp3) is 0.158. The summed E-state index contributed by atoms with van der Waals surface area (Å²) in [5, 5.41) is 2.01. The lowest BCUT2D eigenvalue weighted by Gasteiger charge is -2.19. The molecule has 5 heteroatoms. The van der Waals surface area contributed by atoms with Crippen molar-refractivity contribution < 1.29 is 9.21 Å². The molecule has 0 fully saturated rings. The van der Waals surface area contributed by atoms with Crippen molar-refractivity contribution >= 4 is 17.2 Å². The summed E-state index contributed by atoms with van der Waals surface area (Å²) in [6, 6.07) is 13.7. The van der Waals surface area contributed by atoms with Crippen LogP contribution in [-0.4, -0.2) is 22.3 Å². The van der Waals surface area contributed by atoms with Gasteiger partial charge in [0, 0.05) is 17.0 Å². The van der Waals surface area contributed by atoms with Gasteiger partial charge in [0.2, 0.25) is 11.8 Å². The van der Waals surface area contributed by atoms with Crippen LogP contribution in [0.15, 0.2) is 71.2 Å². The lowest BCUT2D eigenvalue weighted by atomic mass is 10.2. The topological polar surface area (TPSA) is 46.3 Å². The smallest absolute Gasteiger partial charge is 0.229 e. The maximum absolute atomic E-state index is 12.6. The summed E-state index contributed by atoms with van der Waals surface area (Å²) in [5.74, 6) is 0.545. The number of hydrogen-bond acceptors (Lipinski definition) is 4. The molecular weight excluding hydrogens is 320 g/mol. The zero-order valence-electron chi connectivity index (χ0n) is 13.2. The molecule has 0 saturated heterocycles. The molecule has 1 aromatic carbocycles. The zero-order chi connectivity index (χ0) is 16.8. The highest BCUT2D eigenvalue weighted by Gasteiger charge is 2.16. The molecule has 2 heterocycles. The average molecular weight is 338 g/mol. The lowest BCUT2D eigenvalue weighted by molar-refractivity contribution is -0.130. The number of amides is 1. The van der Waals surface area contributed by atoms with Gasteiger partial charge < -0.3 is 9.32 Å². The van der Waals surface area contributed by atoms with Gasteiger partial charge in [-0.2, -0.15) is 0 Å². The Labute approximate surface area is 145 Å². The number of oxazole rings is 1. The molecule has 4 nitrogen and oxygen atoms in total. The van der Waals surface area contributed by atoms with E-state index in [1.165, 1.54) is 0 Å². The molecule has 122 valence electrons. The van der Waals surface area contributed by atoms with Crippen LogP contribution in [-0.2, 0) is 17.8 Å². The van der Waals surface area contributed by atoms with Gasteiger partial charge in [-0.25, -0.2) is 4.98 Å². The Balaban J connectivity index is 1.68. The zero-order valence-corrected chi connectivity index (χ0v) is 14.0. The van der Waals surface area contributed by atoms with E-state index in [1.807, 2.05) is 47.8 Å². The molecule has 0 unspecified atom stereocenters. The number of benzene rings is 1. The lowest BCUT2D eigenvalue weighted by Crippen LogP contribution is -2.31. The Morgan fingerprint density at radius 1 is 1.25 bits per heavy atom. The van der Waals surface area contributed by atoms with E-state index in [1.54, 1.807) is 28.6 Å². The average Bonchev–Trinajstić information content (AvgIpc) is 3.27. The molecular formula is C19H18N2O2S. The van der Waals surface area contributed by atoms with E-state index < -0.39 is 0 Å². The van der Waals surface area contributed by atoms with Gasteiger partial charge in [-0.05, 0) is 23.6 Å². The predicted octanol–water partition coefficient (Wildman–Crippen LogP) is 4.16. The molecule has 0 spiro atoms. The van der Waals surface area contributed by atoms with Crippen molar-refractivity contribution in [1.29, 1.82) is 0 Å². The molecule has 0 N–H and O–H groups in total. The maximum Gasteiger partial charge on any atom is 0.229 e. The van der Waals surface area contributed by atoms with Crippen LogP contribution in [0.4, 0.5) is 0 Å². The van der Waals surface area contributed by atoms with Crippen molar-refractivity contribution in [2.45, 2.75) is 13.0 Å². The van der Waals surface area contributed by atoms with Crippen LogP contribution in [0, 0.1) is 0 Å². The van der Waals surface area contributed by atoms with Crippen LogP contribution in [0.1, 0.15) is 10.6 Å². The fourth-order valence-corrected chi connectivity index (χ4v) is 3.09. The van der Waals surface area contributed by atoms with Crippen molar-refractivity contribution in [1.82, 2.24) is 9.88 Å². The Bertz CT molecular complexity index is 794. The van der Waals surface area contributed by atoms with Crippen LogP contribution in [0.25, 0.3) is 11.5 Å². The fourth-order valence-electron chi connectivity index (χ4n) is 2.37. The van der Waals surface area contributed by atoms with E-state index in [2.05, 4.69) is 11.6 Å². The molecule has 0 aliphatic heterocycles. The van der Waals surface area contributed by atoms with Crippen molar-refractivity contribution in [2.75, 3.05) is 6.54 Å². The summed E-state index contributed by atoms with van der Waals surface area (Å²) in [4.78, 5) is 19.9. The maximum atomic E-state index is 12.6. The summed E-state index contributed by atoms with van der Waals surface area (Å²) in [6.07, 6.45) is 3.51. The highest BCUT2D eigenvalue weighted by molar-refractivity contribution is 7.09. The second-order valence-electron chi connectivity index (χ2n) is 5.33. The van der Waals surface area contributed by atoms with Crippen molar-refractivity contribution in [3.63, 3.8) is 0 Å². The van der Waals surface area contributed by atoms with E-state index in [4.69, 9.17) is 4.42 Å². The minimum atomic E-state index is 0.0104. The highest BCUT2D eigenvalue weighted by atomic mass is 32.1. The molecule has 3 aromatic rings. The third-order valence-electron chi connectivity index (χ3n) is 3.53. The van der Waals surface area contributed by atoms with Gasteiger partial charge >= 0.3 is 0 Å². The SMILES string of the molecule is C=CCN(Cc1cccs1)C(=O)Cc1coc(-c2ccccc2)n1. The number of thiophene rings is 1. The van der Waals surface area contributed by atoms with Crippen LogP contribution < -0.4 is 0 Å². The highest BCUT2D eigenvalue weighted by Crippen LogP contribution is 2.19. The third-order valence-corrected chi connectivity index (χ3v) is 4.39. The summed E-state index contributed by atoms with van der Waals surface area (Å²) >= 11 is 1.64. The normalized spacial score (nSPS) is 10.5. The first-order chi connectivity index (χ1) is 11.8. The van der Waals surface area contributed by atoms with Gasteiger partial charge in [0.05, 0.1) is 18.7 Å². The standard InChI is InChI=1S/C19H18N2O2S/c1-2-10-21(13-17-9-6-11-24-17)18(22)12-16-14-23-19(20-16)15-7-4-3-5-8-15/h2-9,11,14H,1,10,12-13H2. The van der Waals surface area contributed by atoms with Crippen molar-refractivity contribution in [3.05, 3.63) is 77.3 Å². The molecule has 0 atom stereocenters. The predicted molar refractivity (Wildman–Crippen MR) is 95.6 cm³/mol. The molecule has 0 bridgehead atoms. The molecule has 1 amide bonds. The Hall–Kier alpha value is -2.66. The second-order valence-corrected chi connectivity index (χ2v) is 6.36. The van der Waals surface area contributed by atoms with Crippen LogP contribution >= 0.6 is 11.3 Å². The van der Waals surface area contributed by atoms with E-state index in [9.17, 15) is 4.79 Å². The van der Waals surface area contributed by atoms with Gasteiger partial charge in [-0.1, -0.05) is 30.3 Å².